The Morgan fingerprint density at radius 1 is 1.00 bits per heavy atom. The predicted molar refractivity (Wildman–Crippen MR) is 90.2 cm³/mol. The quantitative estimate of drug-likeness (QED) is 0.804. The summed E-state index contributed by atoms with van der Waals surface area (Å²) in [5.74, 6) is 0.947. The summed E-state index contributed by atoms with van der Waals surface area (Å²) < 4.78 is 5.85. The van der Waals surface area contributed by atoms with E-state index in [0.717, 1.165) is 31.0 Å². The van der Waals surface area contributed by atoms with Crippen molar-refractivity contribution in [2.24, 2.45) is 0 Å². The Morgan fingerprint density at radius 2 is 1.71 bits per heavy atom. The summed E-state index contributed by atoms with van der Waals surface area (Å²) in [6.45, 7) is 10.1. The molecule has 0 heterocycles. The van der Waals surface area contributed by atoms with Gasteiger partial charge in [-0.2, -0.15) is 0 Å². The lowest BCUT2D eigenvalue weighted by Crippen LogP contribution is -2.06. The van der Waals surface area contributed by atoms with Crippen molar-refractivity contribution >= 4 is 5.69 Å². The normalized spacial score (nSPS) is 10.5. The standard InChI is InChI=1S/C19H25NO/c1-5-11-21-19-12-14(2)9-10-18(19)20-13-17-15(3)7-6-8-16(17)4/h6-10,12,20H,5,11,13H2,1-4H3. The summed E-state index contributed by atoms with van der Waals surface area (Å²) in [6.07, 6.45) is 1.02. The largest absolute Gasteiger partial charge is 0.491 e. The molecule has 0 aromatic heterocycles. The minimum Gasteiger partial charge on any atom is -0.491 e. The first-order chi connectivity index (χ1) is 10.1. The zero-order valence-electron chi connectivity index (χ0n) is 13.5. The number of aryl methyl sites for hydroxylation is 3. The molecule has 0 spiro atoms. The Hall–Kier alpha value is -1.96. The Kier molecular flexibility index (Phi) is 5.26. The van der Waals surface area contributed by atoms with Gasteiger partial charge in [-0.15, -0.1) is 0 Å². The third-order valence-corrected chi connectivity index (χ3v) is 3.70. The molecule has 2 heteroatoms. The van der Waals surface area contributed by atoms with Crippen molar-refractivity contribution in [2.75, 3.05) is 11.9 Å². The fraction of sp³-hybridized carbons (Fsp3) is 0.368. The highest BCUT2D eigenvalue weighted by Crippen LogP contribution is 2.27. The summed E-state index contributed by atoms with van der Waals surface area (Å²) in [7, 11) is 0. The van der Waals surface area contributed by atoms with E-state index in [1.54, 1.807) is 0 Å². The van der Waals surface area contributed by atoms with E-state index in [1.165, 1.54) is 22.3 Å². The molecule has 0 saturated carbocycles. The molecule has 2 nitrogen and oxygen atoms in total. The second-order valence-corrected chi connectivity index (χ2v) is 5.57. The van der Waals surface area contributed by atoms with Gasteiger partial charge in [0.25, 0.3) is 0 Å². The molecule has 0 atom stereocenters. The van der Waals surface area contributed by atoms with Crippen molar-refractivity contribution in [2.45, 2.75) is 40.7 Å². The molecule has 0 amide bonds. The molecule has 1 N–H and O–H groups in total. The summed E-state index contributed by atoms with van der Waals surface area (Å²) >= 11 is 0. The van der Waals surface area contributed by atoms with E-state index in [9.17, 15) is 0 Å². The van der Waals surface area contributed by atoms with E-state index >= 15 is 0 Å². The molecule has 0 unspecified atom stereocenters. The van der Waals surface area contributed by atoms with Gasteiger partial charge in [0.2, 0.25) is 0 Å². The molecule has 0 aliphatic carbocycles. The minimum atomic E-state index is 0.752. The van der Waals surface area contributed by atoms with Crippen molar-refractivity contribution in [1.82, 2.24) is 0 Å². The number of hydrogen-bond acceptors (Lipinski definition) is 2. The molecule has 0 aliphatic heterocycles. The van der Waals surface area contributed by atoms with Crippen molar-refractivity contribution in [3.8, 4) is 5.75 Å². The van der Waals surface area contributed by atoms with Crippen LogP contribution in [0.2, 0.25) is 0 Å². The number of hydrogen-bond donors (Lipinski definition) is 1. The molecular weight excluding hydrogens is 258 g/mol. The van der Waals surface area contributed by atoms with Crippen LogP contribution in [-0.2, 0) is 6.54 Å². The second kappa shape index (κ2) is 7.16. The maximum Gasteiger partial charge on any atom is 0.142 e. The molecule has 2 rings (SSSR count). The Bertz CT molecular complexity index is 584. The zero-order valence-corrected chi connectivity index (χ0v) is 13.5. The summed E-state index contributed by atoms with van der Waals surface area (Å²) in [6, 6.07) is 12.7. The number of ether oxygens (including phenoxy) is 1. The number of anilines is 1. The van der Waals surface area contributed by atoms with E-state index < -0.39 is 0 Å². The van der Waals surface area contributed by atoms with Crippen molar-refractivity contribution in [1.29, 1.82) is 0 Å². The Balaban J connectivity index is 2.16. The maximum atomic E-state index is 5.85. The SMILES string of the molecule is CCCOc1cc(C)ccc1NCc1c(C)cccc1C. The van der Waals surface area contributed by atoms with Crippen LogP contribution < -0.4 is 10.1 Å². The van der Waals surface area contributed by atoms with Crippen molar-refractivity contribution in [3.05, 3.63) is 58.7 Å². The van der Waals surface area contributed by atoms with Crippen LogP contribution in [0.4, 0.5) is 5.69 Å². The van der Waals surface area contributed by atoms with Crippen LogP contribution in [0, 0.1) is 20.8 Å². The molecule has 0 saturated heterocycles. The lowest BCUT2D eigenvalue weighted by atomic mass is 10.0. The molecule has 2 aromatic rings. The van der Waals surface area contributed by atoms with Gasteiger partial charge in [0.1, 0.15) is 5.75 Å². The van der Waals surface area contributed by atoms with E-state index in [1.807, 2.05) is 0 Å². The third-order valence-electron chi connectivity index (χ3n) is 3.70. The molecule has 112 valence electrons. The van der Waals surface area contributed by atoms with E-state index in [2.05, 4.69) is 69.4 Å². The van der Waals surface area contributed by atoms with Gasteiger partial charge in [-0.3, -0.25) is 0 Å². The maximum absolute atomic E-state index is 5.85. The van der Waals surface area contributed by atoms with Crippen LogP contribution in [0.1, 0.15) is 35.6 Å². The monoisotopic (exact) mass is 283 g/mol. The molecule has 21 heavy (non-hydrogen) atoms. The average molecular weight is 283 g/mol. The fourth-order valence-corrected chi connectivity index (χ4v) is 2.42. The average Bonchev–Trinajstić information content (AvgIpc) is 2.46. The van der Waals surface area contributed by atoms with Gasteiger partial charge in [-0.1, -0.05) is 31.2 Å². The smallest absolute Gasteiger partial charge is 0.142 e. The van der Waals surface area contributed by atoms with Crippen molar-refractivity contribution < 1.29 is 4.74 Å². The van der Waals surface area contributed by atoms with E-state index in [0.29, 0.717) is 0 Å². The summed E-state index contributed by atoms with van der Waals surface area (Å²) in [5.41, 5.74) is 6.30. The van der Waals surface area contributed by atoms with Crippen LogP contribution in [0.3, 0.4) is 0 Å². The van der Waals surface area contributed by atoms with Crippen LogP contribution in [0.5, 0.6) is 5.75 Å². The first kappa shape index (κ1) is 15.4. The lowest BCUT2D eigenvalue weighted by molar-refractivity contribution is 0.318. The second-order valence-electron chi connectivity index (χ2n) is 5.57. The van der Waals surface area contributed by atoms with Crippen LogP contribution >= 0.6 is 0 Å². The highest BCUT2D eigenvalue weighted by atomic mass is 16.5. The van der Waals surface area contributed by atoms with Crippen LogP contribution in [-0.4, -0.2) is 6.61 Å². The van der Waals surface area contributed by atoms with Gasteiger partial charge in [0, 0.05) is 6.54 Å². The van der Waals surface area contributed by atoms with Gasteiger partial charge in [0.15, 0.2) is 0 Å². The van der Waals surface area contributed by atoms with Gasteiger partial charge in [-0.05, 0) is 61.6 Å². The van der Waals surface area contributed by atoms with Gasteiger partial charge >= 0.3 is 0 Å². The summed E-state index contributed by atoms with van der Waals surface area (Å²) in [5, 5.41) is 3.52. The van der Waals surface area contributed by atoms with Gasteiger partial charge in [0.05, 0.1) is 12.3 Å². The zero-order chi connectivity index (χ0) is 15.2. The third kappa shape index (κ3) is 4.01. The Labute approximate surface area is 128 Å². The van der Waals surface area contributed by atoms with Crippen molar-refractivity contribution in [3.63, 3.8) is 0 Å². The van der Waals surface area contributed by atoms with E-state index in [4.69, 9.17) is 4.74 Å². The topological polar surface area (TPSA) is 21.3 Å². The molecule has 2 aromatic carbocycles. The molecule has 0 radical (unpaired) electrons. The first-order valence-corrected chi connectivity index (χ1v) is 7.64. The highest BCUT2D eigenvalue weighted by Gasteiger charge is 2.06. The number of benzene rings is 2. The van der Waals surface area contributed by atoms with Crippen LogP contribution in [0.25, 0.3) is 0 Å². The number of nitrogens with one attached hydrogen (secondary N) is 1. The summed E-state index contributed by atoms with van der Waals surface area (Å²) in [4.78, 5) is 0. The fourth-order valence-electron chi connectivity index (χ4n) is 2.42. The van der Waals surface area contributed by atoms with Gasteiger partial charge < -0.3 is 10.1 Å². The molecule has 0 fully saturated rings. The predicted octanol–water partition coefficient (Wildman–Crippen LogP) is 5.01. The lowest BCUT2D eigenvalue weighted by Gasteiger charge is -2.16. The molecular formula is C19H25NO. The first-order valence-electron chi connectivity index (χ1n) is 7.64. The van der Waals surface area contributed by atoms with Gasteiger partial charge in [-0.25, -0.2) is 0 Å². The van der Waals surface area contributed by atoms with E-state index in [-0.39, 0.29) is 0 Å². The minimum absolute atomic E-state index is 0.752. The highest BCUT2D eigenvalue weighted by molar-refractivity contribution is 5.58. The molecule has 0 bridgehead atoms. The number of rotatable bonds is 6. The molecule has 0 aliphatic rings. The Morgan fingerprint density at radius 3 is 2.38 bits per heavy atom. The van der Waals surface area contributed by atoms with Crippen LogP contribution in [0.15, 0.2) is 36.4 Å².